The number of hydrogen-bond acceptors (Lipinski definition) is 6. The van der Waals surface area contributed by atoms with E-state index in [-0.39, 0.29) is 12.4 Å². The maximum absolute atomic E-state index is 13.0. The number of piperidine rings is 1. The van der Waals surface area contributed by atoms with E-state index in [0.29, 0.717) is 6.04 Å². The lowest BCUT2D eigenvalue weighted by atomic mass is 10.0. The van der Waals surface area contributed by atoms with Crippen LogP contribution in [-0.2, 0) is 16.1 Å². The van der Waals surface area contributed by atoms with E-state index in [4.69, 9.17) is 24.9 Å². The van der Waals surface area contributed by atoms with Crippen LogP contribution in [0.2, 0.25) is 0 Å². The second-order valence-corrected chi connectivity index (χ2v) is 7.35. The van der Waals surface area contributed by atoms with Crippen LogP contribution in [0.5, 0.6) is 0 Å². The molecule has 0 aromatic heterocycles. The molecule has 2 saturated heterocycles. The molecule has 29 heavy (non-hydrogen) atoms. The van der Waals surface area contributed by atoms with E-state index in [1.807, 2.05) is 12.1 Å². The molecule has 0 aliphatic carbocycles. The van der Waals surface area contributed by atoms with Crippen LogP contribution in [0.4, 0.5) is 4.39 Å². The number of aliphatic carboxylic acids is 2. The summed E-state index contributed by atoms with van der Waals surface area (Å²) in [7, 11) is 0. The van der Waals surface area contributed by atoms with Gasteiger partial charge in [0.25, 0.3) is 0 Å². The number of nitrogens with zero attached hydrogens (tertiary/aromatic N) is 3. The number of hydrogen-bond donors (Lipinski definition) is 3. The molecule has 8 nitrogen and oxygen atoms in total. The van der Waals surface area contributed by atoms with Gasteiger partial charge in [0.2, 0.25) is 0 Å². The van der Waals surface area contributed by atoms with Crippen LogP contribution in [0.3, 0.4) is 0 Å². The van der Waals surface area contributed by atoms with Gasteiger partial charge >= 0.3 is 11.9 Å². The summed E-state index contributed by atoms with van der Waals surface area (Å²) in [6.07, 6.45) is 2.45. The lowest BCUT2D eigenvalue weighted by molar-refractivity contribution is -0.159. The summed E-state index contributed by atoms with van der Waals surface area (Å²) in [5.41, 5.74) is 1.20. The molecule has 2 heterocycles. The van der Waals surface area contributed by atoms with Gasteiger partial charge in [-0.2, -0.15) is 0 Å². The summed E-state index contributed by atoms with van der Waals surface area (Å²) in [6, 6.07) is 7.58. The van der Waals surface area contributed by atoms with Crippen LogP contribution >= 0.6 is 0 Å². The number of β-amino-alcohol motifs (C(OH)–C–C–N with tert-alkyl or cyclic N) is 1. The first-order valence-electron chi connectivity index (χ1n) is 9.89. The number of carboxylic acids is 2. The van der Waals surface area contributed by atoms with E-state index in [2.05, 4.69) is 14.7 Å². The molecule has 3 N–H and O–H groups in total. The summed E-state index contributed by atoms with van der Waals surface area (Å²) in [4.78, 5) is 25.7. The smallest absolute Gasteiger partial charge is 0.414 e. The number of benzene rings is 1. The Morgan fingerprint density at radius 3 is 1.93 bits per heavy atom. The fourth-order valence-electron chi connectivity index (χ4n) is 3.78. The fourth-order valence-corrected chi connectivity index (χ4v) is 3.78. The van der Waals surface area contributed by atoms with E-state index in [0.717, 1.165) is 52.4 Å². The maximum Gasteiger partial charge on any atom is 0.414 e. The summed E-state index contributed by atoms with van der Waals surface area (Å²) in [5, 5.41) is 23.8. The number of carboxylic acid groups (broad SMARTS) is 2. The minimum atomic E-state index is -1.82. The minimum Gasteiger partial charge on any atom is -0.473 e. The van der Waals surface area contributed by atoms with Gasteiger partial charge in [0.1, 0.15) is 5.82 Å². The van der Waals surface area contributed by atoms with E-state index >= 15 is 0 Å². The first kappa shape index (κ1) is 23.2. The fraction of sp³-hybridized carbons (Fsp3) is 0.600. The van der Waals surface area contributed by atoms with Crippen LogP contribution in [0, 0.1) is 5.82 Å². The van der Waals surface area contributed by atoms with Gasteiger partial charge in [0, 0.05) is 45.3 Å². The van der Waals surface area contributed by atoms with Crippen molar-refractivity contribution >= 4 is 11.9 Å². The van der Waals surface area contributed by atoms with Crippen molar-refractivity contribution in [2.75, 3.05) is 52.4 Å². The molecule has 2 aliphatic heterocycles. The lowest BCUT2D eigenvalue weighted by Gasteiger charge is -2.42. The summed E-state index contributed by atoms with van der Waals surface area (Å²) in [6.45, 7) is 8.67. The lowest BCUT2D eigenvalue weighted by Crippen LogP contribution is -2.53. The highest BCUT2D eigenvalue weighted by atomic mass is 19.1. The summed E-state index contributed by atoms with van der Waals surface area (Å²) in [5.74, 6) is -3.81. The molecule has 0 saturated carbocycles. The van der Waals surface area contributed by atoms with Crippen molar-refractivity contribution in [3.63, 3.8) is 0 Å². The van der Waals surface area contributed by atoms with Gasteiger partial charge in [-0.25, -0.2) is 14.0 Å². The zero-order chi connectivity index (χ0) is 21.2. The minimum absolute atomic E-state index is 0.159. The van der Waals surface area contributed by atoms with Crippen LogP contribution in [0.1, 0.15) is 18.4 Å². The molecule has 0 unspecified atom stereocenters. The molecule has 0 spiro atoms. The molecule has 1 aromatic carbocycles. The number of aliphatic hydroxyl groups is 1. The van der Waals surface area contributed by atoms with Crippen molar-refractivity contribution in [3.05, 3.63) is 35.6 Å². The van der Waals surface area contributed by atoms with Crippen LogP contribution in [0.25, 0.3) is 0 Å². The van der Waals surface area contributed by atoms with Gasteiger partial charge in [-0.3, -0.25) is 14.7 Å². The molecule has 9 heteroatoms. The molecule has 0 atom stereocenters. The Morgan fingerprint density at radius 1 is 0.897 bits per heavy atom. The van der Waals surface area contributed by atoms with Gasteiger partial charge in [-0.05, 0) is 43.6 Å². The van der Waals surface area contributed by atoms with Crippen LogP contribution in [-0.4, -0.2) is 100 Å². The molecule has 0 radical (unpaired) electrons. The highest BCUT2D eigenvalue weighted by Crippen LogP contribution is 2.20. The van der Waals surface area contributed by atoms with Crippen molar-refractivity contribution in [2.45, 2.75) is 25.4 Å². The number of carbonyl (C=O) groups is 2. The second-order valence-electron chi connectivity index (χ2n) is 7.35. The molecular weight excluding hydrogens is 381 g/mol. The Kier molecular flexibility index (Phi) is 9.46. The van der Waals surface area contributed by atoms with Gasteiger partial charge in [0.15, 0.2) is 0 Å². The zero-order valence-electron chi connectivity index (χ0n) is 16.5. The third kappa shape index (κ3) is 8.06. The Labute approximate surface area is 170 Å². The maximum atomic E-state index is 13.0. The number of aliphatic hydroxyl groups excluding tert-OH is 1. The third-order valence-corrected chi connectivity index (χ3v) is 5.40. The van der Waals surface area contributed by atoms with E-state index in [1.165, 1.54) is 18.4 Å². The molecule has 2 fully saturated rings. The molecule has 0 amide bonds. The number of piperazine rings is 1. The average Bonchev–Trinajstić information content (AvgIpc) is 2.72. The molecule has 3 rings (SSSR count). The highest BCUT2D eigenvalue weighted by molar-refractivity contribution is 6.27. The van der Waals surface area contributed by atoms with Crippen molar-refractivity contribution < 1.29 is 29.3 Å². The van der Waals surface area contributed by atoms with Gasteiger partial charge in [-0.15, -0.1) is 0 Å². The summed E-state index contributed by atoms with van der Waals surface area (Å²) < 4.78 is 13.0. The number of halogens is 1. The predicted molar refractivity (Wildman–Crippen MR) is 105 cm³/mol. The van der Waals surface area contributed by atoms with Crippen LogP contribution < -0.4 is 0 Å². The first-order valence-corrected chi connectivity index (χ1v) is 9.89. The standard InChI is InChI=1S/C18H28FN3O.C2H2O4/c19-17-3-1-16(2-4-17)15-21-7-5-18(6-8-21)22-11-9-20(10-12-22)13-14-23;3-1(4)2(5)6/h1-4,18,23H,5-15H2;(H,3,4)(H,5,6). The molecule has 162 valence electrons. The SMILES string of the molecule is O=C(O)C(=O)O.OCCN1CCN(C2CCN(Cc3ccc(F)cc3)CC2)CC1. The Bertz CT molecular complexity index is 630. The van der Waals surface area contributed by atoms with Crippen molar-refractivity contribution in [2.24, 2.45) is 0 Å². The van der Waals surface area contributed by atoms with Crippen molar-refractivity contribution in [1.29, 1.82) is 0 Å². The first-order chi connectivity index (χ1) is 13.9. The second kappa shape index (κ2) is 11.8. The molecule has 1 aromatic rings. The van der Waals surface area contributed by atoms with E-state index in [1.54, 1.807) is 12.1 Å². The quantitative estimate of drug-likeness (QED) is 0.604. The normalized spacial score (nSPS) is 19.4. The Balaban J connectivity index is 0.000000438. The zero-order valence-corrected chi connectivity index (χ0v) is 16.5. The highest BCUT2D eigenvalue weighted by Gasteiger charge is 2.27. The third-order valence-electron chi connectivity index (χ3n) is 5.40. The van der Waals surface area contributed by atoms with Gasteiger partial charge in [0.05, 0.1) is 6.61 Å². The molecule has 2 aliphatic rings. The van der Waals surface area contributed by atoms with Crippen molar-refractivity contribution in [1.82, 2.24) is 14.7 Å². The van der Waals surface area contributed by atoms with E-state index < -0.39 is 11.9 Å². The molecular formula is C20H30FN3O5. The molecule has 0 bridgehead atoms. The topological polar surface area (TPSA) is 105 Å². The Morgan fingerprint density at radius 2 is 1.45 bits per heavy atom. The Hall–Kier alpha value is -2.07. The summed E-state index contributed by atoms with van der Waals surface area (Å²) >= 11 is 0. The van der Waals surface area contributed by atoms with Crippen molar-refractivity contribution in [3.8, 4) is 0 Å². The monoisotopic (exact) mass is 411 g/mol. The van der Waals surface area contributed by atoms with Gasteiger partial charge in [-0.1, -0.05) is 12.1 Å². The van der Waals surface area contributed by atoms with Crippen LogP contribution in [0.15, 0.2) is 24.3 Å². The predicted octanol–water partition coefficient (Wildman–Crippen LogP) is 0.556. The number of rotatable bonds is 5. The van der Waals surface area contributed by atoms with E-state index in [9.17, 15) is 4.39 Å². The number of likely N-dealkylation sites (tertiary alicyclic amines) is 1. The largest absolute Gasteiger partial charge is 0.473 e. The van der Waals surface area contributed by atoms with Gasteiger partial charge < -0.3 is 15.3 Å². The average molecular weight is 411 g/mol.